The minimum Gasteiger partial charge on any atom is -0.744 e. The van der Waals surface area contributed by atoms with Gasteiger partial charge in [0.1, 0.15) is 47.3 Å². The Morgan fingerprint density at radius 3 is 1.79 bits per heavy atom. The molecule has 0 aliphatic rings. The number of amides is 1. The first-order valence-corrected chi connectivity index (χ1v) is 20.1. The van der Waals surface area contributed by atoms with E-state index in [1.54, 1.807) is 0 Å². The fourth-order valence-electron chi connectivity index (χ4n) is 4.92. The molecule has 1 amide bonds. The normalized spacial score (nSPS) is 11.5. The molecular weight excluding hydrogens is 948 g/mol. The van der Waals surface area contributed by atoms with Gasteiger partial charge in [0.15, 0.2) is 0 Å². The molecule has 3 aromatic heterocycles. The number of anilines is 7. The zero-order valence-corrected chi connectivity index (χ0v) is 41.7. The third-order valence-electron chi connectivity index (χ3n) is 7.31. The summed E-state index contributed by atoms with van der Waals surface area (Å²) in [6.45, 7) is 2.36. The Labute approximate surface area is 419 Å². The Balaban J connectivity index is 0.00000427. The molecule has 306 valence electrons. The van der Waals surface area contributed by atoms with Crippen molar-refractivity contribution in [2.24, 2.45) is 16.0 Å². The fraction of sp³-hybridized carbons (Fsp3) is 0.111. The number of azo groups is 1. The summed E-state index contributed by atoms with van der Waals surface area (Å²) in [6.07, 6.45) is 0. The molecule has 0 radical (unpaired) electrons. The maximum Gasteiger partial charge on any atom is 1.00 e. The second-order valence-corrected chi connectivity index (χ2v) is 15.8. The van der Waals surface area contributed by atoms with E-state index in [0.717, 1.165) is 25.1 Å². The van der Waals surface area contributed by atoms with Crippen molar-refractivity contribution in [2.45, 2.75) is 35.1 Å². The summed E-state index contributed by atoms with van der Waals surface area (Å²) < 4.78 is 110. The van der Waals surface area contributed by atoms with Crippen molar-refractivity contribution in [2.75, 3.05) is 21.7 Å². The molecule has 61 heavy (non-hydrogen) atoms. The van der Waals surface area contributed by atoms with Gasteiger partial charge in [-0.05, 0) is 67.4 Å². The van der Waals surface area contributed by atoms with E-state index in [9.17, 15) is 53.6 Å². The van der Waals surface area contributed by atoms with Gasteiger partial charge in [-0.2, -0.15) is 29.9 Å². The molecule has 0 unspecified atom stereocenters. The third kappa shape index (κ3) is 12.9. The average molecular weight is 970 g/mol. The number of primary amides is 1. The van der Waals surface area contributed by atoms with Crippen molar-refractivity contribution < 1.29 is 137 Å². The minimum atomic E-state index is -5.65. The van der Waals surface area contributed by atoms with Gasteiger partial charge in [-0.3, -0.25) is 14.2 Å². The largest absolute Gasteiger partial charge is 1.00 e. The Kier molecular flexibility index (Phi) is 18.5. The quantitative estimate of drug-likeness (QED) is 0.0363. The zero-order valence-electron chi connectivity index (χ0n) is 31.7. The summed E-state index contributed by atoms with van der Waals surface area (Å²) >= 11 is 11.8. The van der Waals surface area contributed by atoms with Crippen molar-refractivity contribution >= 4 is 112 Å². The number of nitrogens with one attached hydrogen (secondary N) is 3. The molecule has 0 saturated carbocycles. The number of aromatic nitrogens is 7. The first-order valence-electron chi connectivity index (χ1n) is 15.1. The van der Waals surface area contributed by atoms with Gasteiger partial charge < -0.3 is 46.2 Å². The molecule has 2 aromatic carbocycles. The maximum absolute atomic E-state index is 12.7. The first kappa shape index (κ1) is 53.9. The number of benzene rings is 2. The predicted octanol–water partition coefficient (Wildman–Crippen LogP) is -7.39. The molecule has 26 nitrogen and oxygen atoms in total. The zero-order chi connectivity index (χ0) is 43.1. The number of carbonyl (C=O) groups is 1. The van der Waals surface area contributed by atoms with E-state index >= 15 is 0 Å². The summed E-state index contributed by atoms with van der Waals surface area (Å²) in [6, 6.07) is 3.74. The molecule has 0 atom stereocenters. The molecule has 0 bridgehead atoms. The fourth-order valence-corrected chi connectivity index (χ4v) is 7.20. The van der Waals surface area contributed by atoms with Crippen LogP contribution in [0, 0.1) is 6.92 Å². The number of rotatable bonds is 13. The average Bonchev–Trinajstić information content (AvgIpc) is 3.06. The number of halogens is 2. The number of carbonyl (C=O) groups excluding carboxylic acids is 1. The SMILES string of the molecule is CCn1c(O)c(N=Nc2cc(Nc3nc(Cl)nc(Nc4ccc(S(=O)(=O)[O-])c(Nc5nc(N)nc(Cl)n5)c4)n3)c(S(=O)(=O)[O-])cc2S(=O)(=O)[O-])c(C)c(C(N)=O)c1=O.[Na+].[Na+].[Na+]. The van der Waals surface area contributed by atoms with Crippen LogP contribution >= 0.6 is 23.2 Å². The maximum atomic E-state index is 12.7. The van der Waals surface area contributed by atoms with Gasteiger partial charge >= 0.3 is 88.7 Å². The number of aromatic hydroxyl groups is 1. The van der Waals surface area contributed by atoms with Crippen LogP contribution in [0.2, 0.25) is 10.6 Å². The summed E-state index contributed by atoms with van der Waals surface area (Å²) in [5, 5.41) is 24.5. The Bertz CT molecular complexity index is 2970. The smallest absolute Gasteiger partial charge is 0.744 e. The standard InChI is InChI=1S/C27H24Cl2N14O12S3.3Na/c1-3-43-20(45)17(19(30)44)9(2)18(21(43)46)42-41-13-7-12(15(57(50,51)52)8-16(13)58(53,54)55)34-27-38-23(29)37-25(40-27)32-10-4-5-14(56(47,48)49)11(6-10)33-26-36-22(28)35-24(31)39-26;;;/h4-8,46H,3H2,1-2H3,(H2,30,44)(H,47,48,49)(H,50,51,52)(H,53,54,55)(H3,31,33,35,36,39)(H2,32,34,37,38,40);;;/q;3*+1/p-3. The van der Waals surface area contributed by atoms with Crippen LogP contribution in [0.15, 0.2) is 60.0 Å². The molecule has 8 N–H and O–H groups in total. The Morgan fingerprint density at radius 2 is 1.28 bits per heavy atom. The molecular formula is C27H21Cl2N14Na3O12S3. The molecule has 3 heterocycles. The topological polar surface area (TPSA) is 421 Å². The van der Waals surface area contributed by atoms with Crippen LogP contribution in [-0.2, 0) is 36.9 Å². The van der Waals surface area contributed by atoms with Gasteiger partial charge in [-0.25, -0.2) is 25.3 Å². The third-order valence-corrected chi connectivity index (χ3v) is 10.3. The number of nitrogen functional groups attached to an aromatic ring is 1. The second-order valence-electron chi connectivity index (χ2n) is 11.1. The van der Waals surface area contributed by atoms with Crippen LogP contribution in [0.1, 0.15) is 22.8 Å². The van der Waals surface area contributed by atoms with E-state index in [1.807, 2.05) is 0 Å². The van der Waals surface area contributed by atoms with E-state index < -0.39 is 108 Å². The van der Waals surface area contributed by atoms with Gasteiger partial charge in [-0.1, -0.05) is 0 Å². The summed E-state index contributed by atoms with van der Waals surface area (Å²) in [5.74, 6) is -3.88. The molecule has 34 heteroatoms. The van der Waals surface area contributed by atoms with Crippen molar-refractivity contribution in [3.05, 3.63) is 62.4 Å². The van der Waals surface area contributed by atoms with Crippen LogP contribution in [0.25, 0.3) is 0 Å². The van der Waals surface area contributed by atoms with Crippen molar-refractivity contribution in [1.82, 2.24) is 34.5 Å². The van der Waals surface area contributed by atoms with E-state index in [1.165, 1.54) is 6.92 Å². The Hall–Kier alpha value is -3.21. The van der Waals surface area contributed by atoms with Gasteiger partial charge in [0.25, 0.3) is 11.5 Å². The van der Waals surface area contributed by atoms with E-state index in [2.05, 4.69) is 56.1 Å². The molecule has 0 aliphatic carbocycles. The predicted molar refractivity (Wildman–Crippen MR) is 196 cm³/mol. The van der Waals surface area contributed by atoms with E-state index in [-0.39, 0.29) is 130 Å². The molecule has 0 aliphatic heterocycles. The van der Waals surface area contributed by atoms with Crippen molar-refractivity contribution in [3.8, 4) is 5.88 Å². The van der Waals surface area contributed by atoms with Crippen LogP contribution in [-0.4, -0.2) is 84.4 Å². The van der Waals surface area contributed by atoms with E-state index in [0.29, 0.717) is 10.6 Å². The number of hydrogen-bond acceptors (Lipinski definition) is 24. The van der Waals surface area contributed by atoms with Gasteiger partial charge in [0.2, 0.25) is 40.2 Å². The number of nitrogens with two attached hydrogens (primary N) is 2. The summed E-state index contributed by atoms with van der Waals surface area (Å²) in [5.41, 5.74) is 6.18. The van der Waals surface area contributed by atoms with Gasteiger partial charge in [0, 0.05) is 17.8 Å². The first-order chi connectivity index (χ1) is 26.9. The monoisotopic (exact) mass is 968 g/mol. The Morgan fingerprint density at radius 1 is 0.770 bits per heavy atom. The van der Waals surface area contributed by atoms with Crippen LogP contribution in [0.3, 0.4) is 0 Å². The molecule has 0 fully saturated rings. The number of nitrogens with zero attached hydrogens (tertiary/aromatic N) is 9. The van der Waals surface area contributed by atoms with Crippen LogP contribution in [0.5, 0.6) is 5.88 Å². The molecule has 0 spiro atoms. The van der Waals surface area contributed by atoms with Crippen molar-refractivity contribution in [1.29, 1.82) is 0 Å². The molecule has 5 aromatic rings. The van der Waals surface area contributed by atoms with Crippen LogP contribution < -0.4 is 122 Å². The summed E-state index contributed by atoms with van der Waals surface area (Å²) in [7, 11) is -16.4. The molecule has 5 rings (SSSR count). The summed E-state index contributed by atoms with van der Waals surface area (Å²) in [4.78, 5) is 43.9. The second kappa shape index (κ2) is 21.0. The minimum absolute atomic E-state index is 0. The van der Waals surface area contributed by atoms with Gasteiger partial charge in [-0.15, -0.1) is 10.2 Å². The number of pyridine rings is 1. The van der Waals surface area contributed by atoms with E-state index in [4.69, 9.17) is 34.7 Å². The molecule has 0 saturated heterocycles. The van der Waals surface area contributed by atoms with Gasteiger partial charge in [0.05, 0.1) is 26.1 Å². The van der Waals surface area contributed by atoms with Crippen LogP contribution in [0.4, 0.5) is 52.2 Å². The van der Waals surface area contributed by atoms with Crippen molar-refractivity contribution in [3.63, 3.8) is 0 Å². The number of hydrogen-bond donors (Lipinski definition) is 6.